The Hall–Kier alpha value is -3.34. The Kier molecular flexibility index (Phi) is 6.64. The average molecular weight is 427 g/mol. The molecule has 1 saturated heterocycles. The summed E-state index contributed by atoms with van der Waals surface area (Å²) < 4.78 is 26.0. The number of ether oxygens (including phenoxy) is 2. The highest BCUT2D eigenvalue weighted by molar-refractivity contribution is 5.65. The molecule has 1 aromatic heterocycles. The van der Waals surface area contributed by atoms with E-state index in [-0.39, 0.29) is 23.7 Å². The lowest BCUT2D eigenvalue weighted by atomic mass is 9.88. The van der Waals surface area contributed by atoms with Gasteiger partial charge in [0.15, 0.2) is 0 Å². The van der Waals surface area contributed by atoms with Gasteiger partial charge in [-0.3, -0.25) is 0 Å². The number of hydrogen-bond donors (Lipinski definition) is 1. The van der Waals surface area contributed by atoms with Crippen molar-refractivity contribution in [2.45, 2.75) is 51.7 Å². The van der Waals surface area contributed by atoms with Crippen LogP contribution in [0.2, 0.25) is 0 Å². The number of likely N-dealkylation sites (tertiary alicyclic amines) is 1. The molecule has 1 fully saturated rings. The van der Waals surface area contributed by atoms with E-state index in [0.29, 0.717) is 43.3 Å². The van der Waals surface area contributed by atoms with Crippen molar-refractivity contribution in [2.24, 2.45) is 0 Å². The standard InChI is InChI=1S/C23H26FN3O4/c1-23(2,3)18-6-7-20(30-14-16-5-4-15(13-25)12-19(16)24)26-21(18)31-17-8-10-27(11-9-17)22(28)29/h4-7,12,17H,8-11,14H2,1-3H3,(H,28,29). The third-order valence-corrected chi connectivity index (χ3v) is 5.19. The number of nitrogens with zero attached hydrogens (tertiary/aromatic N) is 3. The molecule has 3 rings (SSSR count). The molecular weight excluding hydrogens is 401 g/mol. The van der Waals surface area contributed by atoms with Crippen molar-refractivity contribution in [3.8, 4) is 17.8 Å². The number of piperidine rings is 1. The van der Waals surface area contributed by atoms with E-state index in [1.165, 1.54) is 23.1 Å². The summed E-state index contributed by atoms with van der Waals surface area (Å²) in [6.07, 6.45) is 0.103. The van der Waals surface area contributed by atoms with E-state index in [1.54, 1.807) is 6.07 Å². The van der Waals surface area contributed by atoms with Crippen molar-refractivity contribution < 1.29 is 23.8 Å². The van der Waals surface area contributed by atoms with Crippen molar-refractivity contribution in [3.63, 3.8) is 0 Å². The van der Waals surface area contributed by atoms with E-state index < -0.39 is 11.9 Å². The summed E-state index contributed by atoms with van der Waals surface area (Å²) in [6, 6.07) is 9.74. The van der Waals surface area contributed by atoms with E-state index >= 15 is 0 Å². The number of halogens is 1. The normalized spacial score (nSPS) is 14.7. The van der Waals surface area contributed by atoms with Gasteiger partial charge in [-0.1, -0.05) is 26.8 Å². The fourth-order valence-electron chi connectivity index (χ4n) is 3.37. The lowest BCUT2D eigenvalue weighted by Gasteiger charge is -2.31. The Labute approximate surface area is 181 Å². The molecule has 0 saturated carbocycles. The summed E-state index contributed by atoms with van der Waals surface area (Å²) >= 11 is 0. The van der Waals surface area contributed by atoms with Crippen LogP contribution in [-0.2, 0) is 12.0 Å². The Morgan fingerprint density at radius 1 is 1.29 bits per heavy atom. The first kappa shape index (κ1) is 22.3. The quantitative estimate of drug-likeness (QED) is 0.755. The molecule has 8 heteroatoms. The number of carbonyl (C=O) groups is 1. The maximum absolute atomic E-state index is 14.1. The predicted octanol–water partition coefficient (Wildman–Crippen LogP) is 4.49. The maximum atomic E-state index is 14.1. The molecule has 0 aliphatic carbocycles. The van der Waals surface area contributed by atoms with Gasteiger partial charge in [-0.05, 0) is 23.6 Å². The minimum atomic E-state index is -0.919. The third-order valence-electron chi connectivity index (χ3n) is 5.19. The molecule has 1 N–H and O–H groups in total. The Bertz CT molecular complexity index is 989. The van der Waals surface area contributed by atoms with Crippen LogP contribution in [0.25, 0.3) is 0 Å². The van der Waals surface area contributed by atoms with Gasteiger partial charge in [0.2, 0.25) is 11.8 Å². The minimum Gasteiger partial charge on any atom is -0.474 e. The van der Waals surface area contributed by atoms with Crippen LogP contribution in [-0.4, -0.2) is 40.3 Å². The highest BCUT2D eigenvalue weighted by Crippen LogP contribution is 2.33. The largest absolute Gasteiger partial charge is 0.474 e. The molecule has 2 aromatic rings. The summed E-state index contributed by atoms with van der Waals surface area (Å²) in [5.41, 5.74) is 1.26. The van der Waals surface area contributed by atoms with Gasteiger partial charge in [0.05, 0.1) is 11.6 Å². The van der Waals surface area contributed by atoms with Gasteiger partial charge in [0.25, 0.3) is 0 Å². The topological polar surface area (TPSA) is 95.7 Å². The molecular formula is C23H26FN3O4. The van der Waals surface area contributed by atoms with Crippen molar-refractivity contribution in [1.82, 2.24) is 9.88 Å². The smallest absolute Gasteiger partial charge is 0.407 e. The number of rotatable bonds is 5. The Morgan fingerprint density at radius 3 is 2.58 bits per heavy atom. The highest BCUT2D eigenvalue weighted by atomic mass is 19.1. The van der Waals surface area contributed by atoms with Crippen LogP contribution in [0.3, 0.4) is 0 Å². The van der Waals surface area contributed by atoms with Crippen LogP contribution in [0.4, 0.5) is 9.18 Å². The SMILES string of the molecule is CC(C)(C)c1ccc(OCc2ccc(C#N)cc2F)nc1OC1CCN(C(=O)O)CC1. The fourth-order valence-corrected chi connectivity index (χ4v) is 3.37. The van der Waals surface area contributed by atoms with E-state index in [0.717, 1.165) is 5.56 Å². The molecule has 0 spiro atoms. The van der Waals surface area contributed by atoms with E-state index in [4.69, 9.17) is 19.8 Å². The van der Waals surface area contributed by atoms with E-state index in [1.807, 2.05) is 12.1 Å². The molecule has 0 radical (unpaired) electrons. The lowest BCUT2D eigenvalue weighted by molar-refractivity contribution is 0.0854. The first-order valence-electron chi connectivity index (χ1n) is 10.1. The Morgan fingerprint density at radius 2 is 2.00 bits per heavy atom. The van der Waals surface area contributed by atoms with Gasteiger partial charge in [0, 0.05) is 43.1 Å². The van der Waals surface area contributed by atoms with Crippen molar-refractivity contribution in [1.29, 1.82) is 5.26 Å². The van der Waals surface area contributed by atoms with Crippen LogP contribution >= 0.6 is 0 Å². The zero-order valence-electron chi connectivity index (χ0n) is 17.9. The zero-order chi connectivity index (χ0) is 22.6. The highest BCUT2D eigenvalue weighted by Gasteiger charge is 2.27. The molecule has 1 aromatic carbocycles. The minimum absolute atomic E-state index is 0.0319. The lowest BCUT2D eigenvalue weighted by Crippen LogP contribution is -2.41. The Balaban J connectivity index is 1.74. The monoisotopic (exact) mass is 427 g/mol. The molecule has 1 aliphatic heterocycles. The second-order valence-electron chi connectivity index (χ2n) is 8.55. The molecule has 31 heavy (non-hydrogen) atoms. The van der Waals surface area contributed by atoms with Crippen LogP contribution in [0.1, 0.15) is 50.3 Å². The zero-order valence-corrected chi connectivity index (χ0v) is 17.9. The van der Waals surface area contributed by atoms with Gasteiger partial charge in [0.1, 0.15) is 18.5 Å². The summed E-state index contributed by atoms with van der Waals surface area (Å²) in [5.74, 6) is 0.237. The second kappa shape index (κ2) is 9.21. The fraction of sp³-hybridized carbons (Fsp3) is 0.435. The molecule has 0 bridgehead atoms. The summed E-state index contributed by atoms with van der Waals surface area (Å²) in [4.78, 5) is 17.0. The molecule has 2 heterocycles. The third kappa shape index (κ3) is 5.63. The number of nitriles is 1. The number of aromatic nitrogens is 1. The number of amides is 1. The van der Waals surface area contributed by atoms with E-state index in [2.05, 4.69) is 25.8 Å². The number of hydrogen-bond acceptors (Lipinski definition) is 5. The predicted molar refractivity (Wildman–Crippen MR) is 112 cm³/mol. The summed E-state index contributed by atoms with van der Waals surface area (Å²) in [7, 11) is 0. The average Bonchev–Trinajstić information content (AvgIpc) is 2.72. The second-order valence-corrected chi connectivity index (χ2v) is 8.55. The van der Waals surface area contributed by atoms with Gasteiger partial charge >= 0.3 is 6.09 Å². The molecule has 0 atom stereocenters. The van der Waals surface area contributed by atoms with Crippen LogP contribution in [0, 0.1) is 17.1 Å². The number of pyridine rings is 1. The molecule has 0 unspecified atom stereocenters. The van der Waals surface area contributed by atoms with Gasteiger partial charge in [-0.25, -0.2) is 9.18 Å². The van der Waals surface area contributed by atoms with Crippen LogP contribution in [0.5, 0.6) is 11.8 Å². The molecule has 1 amide bonds. The summed E-state index contributed by atoms with van der Waals surface area (Å²) in [5, 5.41) is 18.0. The van der Waals surface area contributed by atoms with Crippen LogP contribution < -0.4 is 9.47 Å². The molecule has 1 aliphatic rings. The number of benzene rings is 1. The van der Waals surface area contributed by atoms with Crippen molar-refractivity contribution in [3.05, 3.63) is 52.8 Å². The first-order chi connectivity index (χ1) is 14.7. The molecule has 164 valence electrons. The van der Waals surface area contributed by atoms with E-state index in [9.17, 15) is 9.18 Å². The molecule has 7 nitrogen and oxygen atoms in total. The first-order valence-corrected chi connectivity index (χ1v) is 10.1. The van der Waals surface area contributed by atoms with Crippen LogP contribution in [0.15, 0.2) is 30.3 Å². The van der Waals surface area contributed by atoms with Crippen molar-refractivity contribution >= 4 is 6.09 Å². The van der Waals surface area contributed by atoms with Gasteiger partial charge in [-0.2, -0.15) is 10.2 Å². The van der Waals surface area contributed by atoms with Crippen molar-refractivity contribution in [2.75, 3.05) is 13.1 Å². The maximum Gasteiger partial charge on any atom is 0.407 e. The van der Waals surface area contributed by atoms with Gasteiger partial charge < -0.3 is 19.5 Å². The number of carboxylic acid groups (broad SMARTS) is 1. The van der Waals surface area contributed by atoms with Gasteiger partial charge in [-0.15, -0.1) is 0 Å². The summed E-state index contributed by atoms with van der Waals surface area (Å²) in [6.45, 7) is 6.96.